The maximum Gasteiger partial charge on any atom is 0.389 e. The first-order valence-corrected chi connectivity index (χ1v) is 6.41. The average molecular weight is 306 g/mol. The summed E-state index contributed by atoms with van der Waals surface area (Å²) in [6.45, 7) is 0.755. The van der Waals surface area contributed by atoms with Crippen molar-refractivity contribution in [1.82, 2.24) is 5.32 Å². The molecule has 0 aromatic heterocycles. The Hall–Kier alpha value is -1.83. The molecule has 0 heterocycles. The lowest BCUT2D eigenvalue weighted by Crippen LogP contribution is -2.16. The number of nitrogens with one attached hydrogen (secondary N) is 1. The summed E-state index contributed by atoms with van der Waals surface area (Å²) in [5.41, 5.74) is 0.570. The van der Waals surface area contributed by atoms with Crippen molar-refractivity contribution in [2.24, 2.45) is 0 Å². The van der Waals surface area contributed by atoms with Gasteiger partial charge in [-0.15, -0.1) is 0 Å². The first-order valence-electron chi connectivity index (χ1n) is 6.41. The van der Waals surface area contributed by atoms with E-state index in [1.54, 1.807) is 6.07 Å². The molecule has 5 nitrogen and oxygen atoms in total. The van der Waals surface area contributed by atoms with E-state index in [1.807, 2.05) is 0 Å². The van der Waals surface area contributed by atoms with E-state index in [0.717, 1.165) is 0 Å². The van der Waals surface area contributed by atoms with Gasteiger partial charge in [-0.05, 0) is 31.0 Å². The van der Waals surface area contributed by atoms with E-state index in [1.165, 1.54) is 19.2 Å². The highest BCUT2D eigenvalue weighted by Gasteiger charge is 2.25. The molecule has 0 saturated carbocycles. The summed E-state index contributed by atoms with van der Waals surface area (Å²) in [4.78, 5) is 10.2. The number of hydrogen-bond donors (Lipinski definition) is 1. The van der Waals surface area contributed by atoms with E-state index in [0.29, 0.717) is 30.8 Å². The standard InChI is InChI=1S/C13H17F3N2O3/c1-21-12-7-10(6-11(8-12)18(19)20)9-17-5-3-2-4-13(14,15)16/h6-8,17H,2-5,9H2,1H3. The van der Waals surface area contributed by atoms with Crippen LogP contribution >= 0.6 is 0 Å². The maximum atomic E-state index is 11.9. The Balaban J connectivity index is 2.41. The largest absolute Gasteiger partial charge is 0.496 e. The van der Waals surface area contributed by atoms with E-state index in [4.69, 9.17) is 4.74 Å². The van der Waals surface area contributed by atoms with Crippen molar-refractivity contribution in [3.8, 4) is 5.75 Å². The second kappa shape index (κ2) is 7.82. The average Bonchev–Trinajstić information content (AvgIpc) is 2.41. The number of hydrogen-bond acceptors (Lipinski definition) is 4. The van der Waals surface area contributed by atoms with Crippen LogP contribution < -0.4 is 10.1 Å². The number of ether oxygens (including phenoxy) is 1. The number of nitro groups is 1. The van der Waals surface area contributed by atoms with Crippen molar-refractivity contribution in [3.05, 3.63) is 33.9 Å². The third-order valence-corrected chi connectivity index (χ3v) is 2.79. The van der Waals surface area contributed by atoms with Gasteiger partial charge in [-0.1, -0.05) is 0 Å². The number of nitro benzene ring substituents is 1. The molecule has 0 unspecified atom stereocenters. The monoisotopic (exact) mass is 306 g/mol. The molecule has 0 saturated heterocycles. The summed E-state index contributed by atoms with van der Waals surface area (Å²) in [6, 6.07) is 4.37. The quantitative estimate of drug-likeness (QED) is 0.454. The lowest BCUT2D eigenvalue weighted by molar-refractivity contribution is -0.385. The number of non-ortho nitro benzene ring substituents is 1. The fraction of sp³-hybridized carbons (Fsp3) is 0.538. The first-order chi connectivity index (χ1) is 9.81. The zero-order chi connectivity index (χ0) is 15.9. The van der Waals surface area contributed by atoms with Gasteiger partial charge in [0.15, 0.2) is 0 Å². The third-order valence-electron chi connectivity index (χ3n) is 2.79. The second-order valence-electron chi connectivity index (χ2n) is 4.55. The van der Waals surface area contributed by atoms with Crippen molar-refractivity contribution in [1.29, 1.82) is 0 Å². The molecule has 0 atom stereocenters. The van der Waals surface area contributed by atoms with E-state index in [-0.39, 0.29) is 12.1 Å². The molecule has 0 radical (unpaired) electrons. The van der Waals surface area contributed by atoms with Crippen LogP contribution in [0.2, 0.25) is 0 Å². The molecule has 0 aliphatic carbocycles. The highest BCUT2D eigenvalue weighted by Crippen LogP contribution is 2.23. The lowest BCUT2D eigenvalue weighted by atomic mass is 10.2. The summed E-state index contributed by atoms with van der Waals surface area (Å²) in [7, 11) is 1.41. The molecule has 118 valence electrons. The molecule has 0 amide bonds. The van der Waals surface area contributed by atoms with Gasteiger partial charge < -0.3 is 10.1 Å². The van der Waals surface area contributed by atoms with Gasteiger partial charge in [0.25, 0.3) is 5.69 Å². The number of alkyl halides is 3. The van der Waals surface area contributed by atoms with Gasteiger partial charge in [0, 0.05) is 19.0 Å². The highest BCUT2D eigenvalue weighted by molar-refractivity contribution is 5.42. The van der Waals surface area contributed by atoms with E-state index in [2.05, 4.69) is 5.32 Å². The van der Waals surface area contributed by atoms with E-state index < -0.39 is 17.5 Å². The number of benzene rings is 1. The zero-order valence-electron chi connectivity index (χ0n) is 11.6. The molecule has 0 fully saturated rings. The van der Waals surface area contributed by atoms with Gasteiger partial charge in [0.05, 0.1) is 18.1 Å². The van der Waals surface area contributed by atoms with Crippen molar-refractivity contribution >= 4 is 5.69 Å². The Kier molecular flexibility index (Phi) is 6.41. The molecule has 0 bridgehead atoms. The van der Waals surface area contributed by atoms with E-state index >= 15 is 0 Å². The van der Waals surface area contributed by atoms with Gasteiger partial charge in [-0.25, -0.2) is 0 Å². The molecule has 1 aromatic carbocycles. The normalized spacial score (nSPS) is 11.4. The van der Waals surface area contributed by atoms with Crippen LogP contribution in [0.3, 0.4) is 0 Å². The Morgan fingerprint density at radius 3 is 2.57 bits per heavy atom. The molecule has 8 heteroatoms. The summed E-state index contributed by atoms with van der Waals surface area (Å²) < 4.78 is 40.8. The van der Waals surface area contributed by atoms with Crippen molar-refractivity contribution in [3.63, 3.8) is 0 Å². The Morgan fingerprint density at radius 2 is 2.00 bits per heavy atom. The highest BCUT2D eigenvalue weighted by atomic mass is 19.4. The molecule has 0 spiro atoms. The van der Waals surface area contributed by atoms with Gasteiger partial charge in [-0.2, -0.15) is 13.2 Å². The summed E-state index contributed by atoms with van der Waals surface area (Å²) >= 11 is 0. The van der Waals surface area contributed by atoms with Crippen LogP contribution in [0.4, 0.5) is 18.9 Å². The van der Waals surface area contributed by atoms with Gasteiger partial charge in [0.1, 0.15) is 5.75 Å². The van der Waals surface area contributed by atoms with Crippen molar-refractivity contribution in [2.45, 2.75) is 32.0 Å². The number of methoxy groups -OCH3 is 1. The minimum atomic E-state index is -4.12. The summed E-state index contributed by atoms with van der Waals surface area (Å²) in [6.07, 6.45) is -4.45. The third kappa shape index (κ3) is 6.94. The van der Waals surface area contributed by atoms with Gasteiger partial charge >= 0.3 is 6.18 Å². The van der Waals surface area contributed by atoms with Crippen LogP contribution in [-0.2, 0) is 6.54 Å². The zero-order valence-corrected chi connectivity index (χ0v) is 11.6. The number of nitrogens with zero attached hydrogens (tertiary/aromatic N) is 1. The lowest BCUT2D eigenvalue weighted by Gasteiger charge is -2.08. The number of unbranched alkanes of at least 4 members (excludes halogenated alkanes) is 1. The molecular formula is C13H17F3N2O3. The molecule has 1 N–H and O–H groups in total. The first kappa shape index (κ1) is 17.2. The Morgan fingerprint density at radius 1 is 1.29 bits per heavy atom. The summed E-state index contributed by atoms with van der Waals surface area (Å²) in [5, 5.41) is 13.7. The van der Waals surface area contributed by atoms with Gasteiger partial charge in [-0.3, -0.25) is 10.1 Å². The Bertz CT molecular complexity index is 478. The topological polar surface area (TPSA) is 64.4 Å². The van der Waals surface area contributed by atoms with Crippen molar-refractivity contribution < 1.29 is 22.8 Å². The number of halogens is 3. The molecular weight excluding hydrogens is 289 g/mol. The van der Waals surface area contributed by atoms with E-state index in [9.17, 15) is 23.3 Å². The smallest absolute Gasteiger partial charge is 0.389 e. The predicted octanol–water partition coefficient (Wildman–Crippen LogP) is 3.43. The molecule has 0 aliphatic heterocycles. The van der Waals surface area contributed by atoms with Gasteiger partial charge in [0.2, 0.25) is 0 Å². The minimum absolute atomic E-state index is 0.0642. The van der Waals surface area contributed by atoms with Crippen LogP contribution in [0.15, 0.2) is 18.2 Å². The fourth-order valence-corrected chi connectivity index (χ4v) is 1.78. The molecule has 0 aliphatic rings. The van der Waals surface area contributed by atoms with Crippen LogP contribution in [0.1, 0.15) is 24.8 Å². The van der Waals surface area contributed by atoms with Crippen LogP contribution in [0.5, 0.6) is 5.75 Å². The predicted molar refractivity (Wildman–Crippen MR) is 71.3 cm³/mol. The molecule has 21 heavy (non-hydrogen) atoms. The fourth-order valence-electron chi connectivity index (χ4n) is 1.78. The summed E-state index contributed by atoms with van der Waals surface area (Å²) in [5.74, 6) is 0.373. The molecule has 1 rings (SSSR count). The molecule has 1 aromatic rings. The SMILES string of the molecule is COc1cc(CNCCCCC(F)(F)F)cc([N+](=O)[O-])c1. The van der Waals surface area contributed by atoms with Crippen LogP contribution in [0, 0.1) is 10.1 Å². The van der Waals surface area contributed by atoms with Crippen LogP contribution in [0.25, 0.3) is 0 Å². The Labute approximate surface area is 120 Å². The maximum absolute atomic E-state index is 11.9. The van der Waals surface area contributed by atoms with Crippen molar-refractivity contribution in [2.75, 3.05) is 13.7 Å². The minimum Gasteiger partial charge on any atom is -0.496 e. The second-order valence-corrected chi connectivity index (χ2v) is 4.55. The number of rotatable bonds is 8. The van der Waals surface area contributed by atoms with Crippen LogP contribution in [-0.4, -0.2) is 24.8 Å².